The molecule has 4 rings (SSSR count). The Kier molecular flexibility index (Phi) is 6.08. The minimum atomic E-state index is -0.262. The zero-order valence-corrected chi connectivity index (χ0v) is 18.7. The first-order chi connectivity index (χ1) is 15.3. The molecule has 1 saturated heterocycles. The van der Waals surface area contributed by atoms with Crippen LogP contribution in [0.25, 0.3) is 11.5 Å². The van der Waals surface area contributed by atoms with Crippen LogP contribution in [-0.4, -0.2) is 33.4 Å². The molecular formula is C25H28N4O3. The molecule has 0 saturated carbocycles. The van der Waals surface area contributed by atoms with Crippen molar-refractivity contribution in [3.8, 4) is 11.5 Å². The van der Waals surface area contributed by atoms with Gasteiger partial charge in [-0.25, -0.2) is 0 Å². The van der Waals surface area contributed by atoms with Gasteiger partial charge in [-0.3, -0.25) is 9.59 Å². The van der Waals surface area contributed by atoms with Crippen molar-refractivity contribution in [3.05, 3.63) is 65.5 Å². The van der Waals surface area contributed by atoms with E-state index in [-0.39, 0.29) is 17.2 Å². The number of anilines is 1. The van der Waals surface area contributed by atoms with Crippen molar-refractivity contribution in [3.63, 3.8) is 0 Å². The summed E-state index contributed by atoms with van der Waals surface area (Å²) in [6, 6.07) is 14.8. The molecule has 0 atom stereocenters. The van der Waals surface area contributed by atoms with Crippen LogP contribution in [0.15, 0.2) is 53.1 Å². The highest BCUT2D eigenvalue weighted by atomic mass is 16.5. The number of nitrogens with zero attached hydrogens (tertiary/aromatic N) is 3. The first kappa shape index (κ1) is 21.7. The minimum Gasteiger partial charge on any atom is -0.338 e. The Morgan fingerprint density at radius 2 is 1.94 bits per heavy atom. The van der Waals surface area contributed by atoms with Gasteiger partial charge in [-0.05, 0) is 42.7 Å². The molecule has 1 aliphatic heterocycles. The maximum Gasteiger partial charge on any atom is 0.258 e. The van der Waals surface area contributed by atoms with Gasteiger partial charge in [-0.1, -0.05) is 50.2 Å². The average Bonchev–Trinajstić information content (AvgIpc) is 3.26. The SMILES string of the molecule is CC(C)(C)c1noc(-c2ccccc2C(=O)Nc2cccc(CN3CCCCC3=O)c2)n1. The average molecular weight is 433 g/mol. The zero-order chi connectivity index (χ0) is 22.7. The summed E-state index contributed by atoms with van der Waals surface area (Å²) in [5.41, 5.74) is 2.44. The number of carbonyl (C=O) groups excluding carboxylic acids is 2. The van der Waals surface area contributed by atoms with Gasteiger partial charge in [0.25, 0.3) is 11.8 Å². The van der Waals surface area contributed by atoms with Crippen molar-refractivity contribution >= 4 is 17.5 Å². The number of likely N-dealkylation sites (tertiary alicyclic amines) is 1. The maximum absolute atomic E-state index is 13.1. The van der Waals surface area contributed by atoms with E-state index in [4.69, 9.17) is 4.52 Å². The van der Waals surface area contributed by atoms with Crippen LogP contribution >= 0.6 is 0 Å². The van der Waals surface area contributed by atoms with Crippen LogP contribution < -0.4 is 5.32 Å². The van der Waals surface area contributed by atoms with E-state index >= 15 is 0 Å². The van der Waals surface area contributed by atoms with Crippen molar-refractivity contribution in [1.82, 2.24) is 15.0 Å². The summed E-state index contributed by atoms with van der Waals surface area (Å²) < 4.78 is 5.45. The monoisotopic (exact) mass is 432 g/mol. The molecular weight excluding hydrogens is 404 g/mol. The number of hydrogen-bond donors (Lipinski definition) is 1. The van der Waals surface area contributed by atoms with Gasteiger partial charge in [-0.2, -0.15) is 4.98 Å². The molecule has 0 radical (unpaired) electrons. The summed E-state index contributed by atoms with van der Waals surface area (Å²) in [5.74, 6) is 0.830. The van der Waals surface area contributed by atoms with Crippen LogP contribution in [0.2, 0.25) is 0 Å². The molecule has 0 unspecified atom stereocenters. The Balaban J connectivity index is 1.53. The number of carbonyl (C=O) groups is 2. The number of amides is 2. The Bertz CT molecular complexity index is 1130. The lowest BCUT2D eigenvalue weighted by Crippen LogP contribution is -2.34. The standard InChI is InChI=1S/C25H28N4O3/c1-25(2,3)24-27-23(32-28-24)20-12-5-4-11-19(20)22(31)26-18-10-8-9-17(15-18)16-29-14-7-6-13-21(29)30/h4-5,8-12,15H,6-7,13-14,16H2,1-3H3,(H,26,31). The third-order valence-corrected chi connectivity index (χ3v) is 5.48. The van der Waals surface area contributed by atoms with Gasteiger partial charge in [-0.15, -0.1) is 0 Å². The van der Waals surface area contributed by atoms with Crippen LogP contribution in [0.5, 0.6) is 0 Å². The van der Waals surface area contributed by atoms with E-state index in [2.05, 4.69) is 15.5 Å². The van der Waals surface area contributed by atoms with E-state index in [1.807, 2.05) is 56.0 Å². The van der Waals surface area contributed by atoms with Gasteiger partial charge in [0.15, 0.2) is 5.82 Å². The lowest BCUT2D eigenvalue weighted by atomic mass is 9.96. The van der Waals surface area contributed by atoms with E-state index in [1.54, 1.807) is 18.2 Å². The van der Waals surface area contributed by atoms with Gasteiger partial charge in [0, 0.05) is 30.6 Å². The number of nitrogens with one attached hydrogen (secondary N) is 1. The van der Waals surface area contributed by atoms with E-state index in [0.29, 0.717) is 41.5 Å². The topological polar surface area (TPSA) is 88.3 Å². The Hall–Kier alpha value is -3.48. The number of benzene rings is 2. The third-order valence-electron chi connectivity index (χ3n) is 5.48. The lowest BCUT2D eigenvalue weighted by Gasteiger charge is -2.26. The van der Waals surface area contributed by atoms with Crippen molar-refractivity contribution in [2.45, 2.75) is 52.0 Å². The number of aromatic nitrogens is 2. The van der Waals surface area contributed by atoms with Crippen molar-refractivity contribution in [2.24, 2.45) is 0 Å². The van der Waals surface area contributed by atoms with Gasteiger partial charge in [0.05, 0.1) is 11.1 Å². The van der Waals surface area contributed by atoms with E-state index < -0.39 is 0 Å². The molecule has 166 valence electrons. The van der Waals surface area contributed by atoms with Crippen LogP contribution in [0, 0.1) is 0 Å². The van der Waals surface area contributed by atoms with Gasteiger partial charge < -0.3 is 14.7 Å². The second-order valence-electron chi connectivity index (χ2n) is 9.15. The highest BCUT2D eigenvalue weighted by Gasteiger charge is 2.24. The molecule has 2 heterocycles. The van der Waals surface area contributed by atoms with E-state index in [1.165, 1.54) is 0 Å². The summed E-state index contributed by atoms with van der Waals surface area (Å²) in [6.45, 7) is 7.35. The molecule has 2 amide bonds. The second-order valence-corrected chi connectivity index (χ2v) is 9.15. The molecule has 1 aliphatic rings. The summed E-state index contributed by atoms with van der Waals surface area (Å²) in [7, 11) is 0. The number of hydrogen-bond acceptors (Lipinski definition) is 5. The summed E-state index contributed by atoms with van der Waals surface area (Å²) in [5, 5.41) is 7.03. The first-order valence-electron chi connectivity index (χ1n) is 10.9. The third kappa shape index (κ3) is 4.88. The van der Waals surface area contributed by atoms with E-state index in [9.17, 15) is 9.59 Å². The lowest BCUT2D eigenvalue weighted by molar-refractivity contribution is -0.133. The maximum atomic E-state index is 13.1. The normalized spacial score (nSPS) is 14.5. The number of rotatable bonds is 5. The summed E-state index contributed by atoms with van der Waals surface area (Å²) >= 11 is 0. The van der Waals surface area contributed by atoms with Crippen LogP contribution in [0.3, 0.4) is 0 Å². The molecule has 0 aliphatic carbocycles. The van der Waals surface area contributed by atoms with Crippen LogP contribution in [0.1, 0.15) is 61.8 Å². The Labute approximate surface area is 187 Å². The molecule has 1 N–H and O–H groups in total. The molecule has 32 heavy (non-hydrogen) atoms. The minimum absolute atomic E-state index is 0.189. The zero-order valence-electron chi connectivity index (χ0n) is 18.7. The highest BCUT2D eigenvalue weighted by Crippen LogP contribution is 2.27. The summed E-state index contributed by atoms with van der Waals surface area (Å²) in [6.07, 6.45) is 2.60. The Morgan fingerprint density at radius 1 is 1.12 bits per heavy atom. The largest absolute Gasteiger partial charge is 0.338 e. The van der Waals surface area contributed by atoms with Crippen molar-refractivity contribution in [2.75, 3.05) is 11.9 Å². The molecule has 1 fully saturated rings. The van der Waals surface area contributed by atoms with Crippen LogP contribution in [0.4, 0.5) is 5.69 Å². The van der Waals surface area contributed by atoms with Crippen LogP contribution in [-0.2, 0) is 16.8 Å². The quantitative estimate of drug-likeness (QED) is 0.626. The second kappa shape index (κ2) is 8.94. The van der Waals surface area contributed by atoms with Gasteiger partial charge >= 0.3 is 0 Å². The highest BCUT2D eigenvalue weighted by molar-refractivity contribution is 6.08. The summed E-state index contributed by atoms with van der Waals surface area (Å²) in [4.78, 5) is 31.6. The Morgan fingerprint density at radius 3 is 2.69 bits per heavy atom. The molecule has 3 aromatic rings. The number of piperidine rings is 1. The fraction of sp³-hybridized carbons (Fsp3) is 0.360. The predicted octanol–water partition coefficient (Wildman–Crippen LogP) is 4.80. The molecule has 7 nitrogen and oxygen atoms in total. The molecule has 7 heteroatoms. The van der Waals surface area contributed by atoms with Gasteiger partial charge in [0.1, 0.15) is 0 Å². The van der Waals surface area contributed by atoms with Crippen molar-refractivity contribution in [1.29, 1.82) is 0 Å². The van der Waals surface area contributed by atoms with Crippen molar-refractivity contribution < 1.29 is 14.1 Å². The van der Waals surface area contributed by atoms with Gasteiger partial charge in [0.2, 0.25) is 5.91 Å². The van der Waals surface area contributed by atoms with E-state index in [0.717, 1.165) is 24.9 Å². The molecule has 2 aromatic carbocycles. The molecule has 0 bridgehead atoms. The molecule has 1 aromatic heterocycles. The predicted molar refractivity (Wildman–Crippen MR) is 122 cm³/mol. The molecule has 0 spiro atoms. The first-order valence-corrected chi connectivity index (χ1v) is 10.9. The fourth-order valence-corrected chi connectivity index (χ4v) is 3.70. The fourth-order valence-electron chi connectivity index (χ4n) is 3.70. The smallest absolute Gasteiger partial charge is 0.258 e.